The standard InChI is InChI=1S/C16H24N2O5S/c1-4-18(9-8-16(19)22-5-2)24(20,21)13-6-7-15-14(12-13)17(3)10-11-23-15/h6-7,12H,4-5,8-11H2,1-3H3. The largest absolute Gasteiger partial charge is 0.490 e. The summed E-state index contributed by atoms with van der Waals surface area (Å²) in [6, 6.07) is 4.84. The van der Waals surface area contributed by atoms with E-state index in [1.165, 1.54) is 4.31 Å². The smallest absolute Gasteiger partial charge is 0.307 e. The van der Waals surface area contributed by atoms with E-state index in [1.807, 2.05) is 11.9 Å². The van der Waals surface area contributed by atoms with Gasteiger partial charge in [0, 0.05) is 20.1 Å². The Balaban J connectivity index is 2.21. The van der Waals surface area contributed by atoms with E-state index < -0.39 is 16.0 Å². The molecule has 0 saturated carbocycles. The second-order valence-corrected chi connectivity index (χ2v) is 7.39. The Labute approximate surface area is 143 Å². The van der Waals surface area contributed by atoms with Crippen LogP contribution in [0.25, 0.3) is 0 Å². The summed E-state index contributed by atoms with van der Waals surface area (Å²) in [7, 11) is -1.78. The predicted octanol–water partition coefficient (Wildman–Crippen LogP) is 1.48. The summed E-state index contributed by atoms with van der Waals surface area (Å²) in [5.41, 5.74) is 0.753. The molecule has 0 N–H and O–H groups in total. The summed E-state index contributed by atoms with van der Waals surface area (Å²) < 4.78 is 37.4. The number of carbonyl (C=O) groups excluding carboxylic acids is 1. The van der Waals surface area contributed by atoms with Crippen molar-refractivity contribution in [3.63, 3.8) is 0 Å². The maximum atomic E-state index is 12.8. The third-order valence-electron chi connectivity index (χ3n) is 3.89. The molecule has 2 rings (SSSR count). The topological polar surface area (TPSA) is 76.2 Å². The lowest BCUT2D eigenvalue weighted by Crippen LogP contribution is -2.34. The van der Waals surface area contributed by atoms with Gasteiger partial charge in [-0.2, -0.15) is 4.31 Å². The van der Waals surface area contributed by atoms with Crippen molar-refractivity contribution in [3.05, 3.63) is 18.2 Å². The number of hydrogen-bond donors (Lipinski definition) is 0. The number of fused-ring (bicyclic) bond motifs is 1. The number of nitrogens with zero attached hydrogens (tertiary/aromatic N) is 2. The molecule has 0 radical (unpaired) electrons. The molecule has 0 atom stereocenters. The van der Waals surface area contributed by atoms with Crippen molar-refractivity contribution >= 4 is 21.7 Å². The highest BCUT2D eigenvalue weighted by atomic mass is 32.2. The molecule has 8 heteroatoms. The summed E-state index contributed by atoms with van der Waals surface area (Å²) >= 11 is 0. The quantitative estimate of drug-likeness (QED) is 0.689. The lowest BCUT2D eigenvalue weighted by molar-refractivity contribution is -0.143. The number of ether oxygens (including phenoxy) is 2. The van der Waals surface area contributed by atoms with Gasteiger partial charge in [-0.25, -0.2) is 8.42 Å². The van der Waals surface area contributed by atoms with Crippen LogP contribution in [0.3, 0.4) is 0 Å². The molecule has 1 aliphatic rings. The Morgan fingerprint density at radius 1 is 1.38 bits per heavy atom. The number of likely N-dealkylation sites (N-methyl/N-ethyl adjacent to an activating group) is 1. The zero-order valence-corrected chi connectivity index (χ0v) is 15.1. The van der Waals surface area contributed by atoms with Gasteiger partial charge in [-0.15, -0.1) is 0 Å². The van der Waals surface area contributed by atoms with Gasteiger partial charge >= 0.3 is 5.97 Å². The van der Waals surface area contributed by atoms with Crippen LogP contribution in [0.1, 0.15) is 20.3 Å². The third kappa shape index (κ3) is 3.99. The zero-order chi connectivity index (χ0) is 17.7. The van der Waals surface area contributed by atoms with Crippen LogP contribution in [0.4, 0.5) is 5.69 Å². The SMILES string of the molecule is CCOC(=O)CCN(CC)S(=O)(=O)c1ccc2c(c1)N(C)CCO2. The molecule has 0 aliphatic carbocycles. The number of hydrogen-bond acceptors (Lipinski definition) is 6. The van der Waals surface area contributed by atoms with Crippen molar-refractivity contribution in [3.8, 4) is 5.75 Å². The molecule has 24 heavy (non-hydrogen) atoms. The molecule has 0 bridgehead atoms. The van der Waals surface area contributed by atoms with E-state index >= 15 is 0 Å². The maximum Gasteiger partial charge on any atom is 0.307 e. The Bertz CT molecular complexity index is 690. The fraction of sp³-hybridized carbons (Fsp3) is 0.562. The van der Waals surface area contributed by atoms with Crippen LogP contribution in [0.5, 0.6) is 5.75 Å². The number of esters is 1. The van der Waals surface area contributed by atoms with Crippen LogP contribution in [0.15, 0.2) is 23.1 Å². The molecule has 0 unspecified atom stereocenters. The summed E-state index contributed by atoms with van der Waals surface area (Å²) in [4.78, 5) is 13.7. The highest BCUT2D eigenvalue weighted by Crippen LogP contribution is 2.33. The molecule has 134 valence electrons. The Morgan fingerprint density at radius 2 is 2.12 bits per heavy atom. The van der Waals surface area contributed by atoms with Gasteiger partial charge in [-0.05, 0) is 25.1 Å². The van der Waals surface area contributed by atoms with Crippen molar-refractivity contribution in [2.45, 2.75) is 25.2 Å². The number of sulfonamides is 1. The highest BCUT2D eigenvalue weighted by Gasteiger charge is 2.26. The van der Waals surface area contributed by atoms with E-state index in [2.05, 4.69) is 0 Å². The van der Waals surface area contributed by atoms with Gasteiger partial charge in [-0.1, -0.05) is 6.92 Å². The highest BCUT2D eigenvalue weighted by molar-refractivity contribution is 7.89. The van der Waals surface area contributed by atoms with E-state index in [1.54, 1.807) is 32.0 Å². The van der Waals surface area contributed by atoms with Crippen LogP contribution in [0.2, 0.25) is 0 Å². The molecule has 1 aliphatic heterocycles. The van der Waals surface area contributed by atoms with E-state index in [9.17, 15) is 13.2 Å². The lowest BCUT2D eigenvalue weighted by Gasteiger charge is -2.28. The normalized spacial score (nSPS) is 14.2. The number of rotatable bonds is 7. The van der Waals surface area contributed by atoms with Crippen LogP contribution < -0.4 is 9.64 Å². The van der Waals surface area contributed by atoms with Crippen LogP contribution >= 0.6 is 0 Å². The minimum atomic E-state index is -3.68. The Hall–Kier alpha value is -1.80. The average Bonchev–Trinajstić information content (AvgIpc) is 2.55. The molecule has 0 fully saturated rings. The number of anilines is 1. The monoisotopic (exact) mass is 356 g/mol. The average molecular weight is 356 g/mol. The zero-order valence-electron chi connectivity index (χ0n) is 14.3. The van der Waals surface area contributed by atoms with Crippen LogP contribution in [-0.2, 0) is 19.6 Å². The van der Waals surface area contributed by atoms with Crippen LogP contribution in [0, 0.1) is 0 Å². The van der Waals surface area contributed by atoms with Crippen molar-refractivity contribution in [1.82, 2.24) is 4.31 Å². The Kier molecular flexibility index (Phi) is 6.06. The fourth-order valence-corrected chi connectivity index (χ4v) is 4.01. The summed E-state index contributed by atoms with van der Waals surface area (Å²) in [6.45, 7) is 5.42. The van der Waals surface area contributed by atoms with Gasteiger partial charge in [-0.3, -0.25) is 4.79 Å². The molecular formula is C16H24N2O5S. The van der Waals surface area contributed by atoms with E-state index in [-0.39, 0.29) is 31.0 Å². The summed E-state index contributed by atoms with van der Waals surface area (Å²) in [6.07, 6.45) is 0.0366. The minimum Gasteiger partial charge on any atom is -0.490 e. The van der Waals surface area contributed by atoms with Gasteiger partial charge in [0.05, 0.1) is 30.2 Å². The second kappa shape index (κ2) is 7.85. The molecule has 0 aromatic heterocycles. The molecule has 7 nitrogen and oxygen atoms in total. The van der Waals surface area contributed by atoms with Gasteiger partial charge in [0.1, 0.15) is 12.4 Å². The first-order valence-corrected chi connectivity index (χ1v) is 9.48. The third-order valence-corrected chi connectivity index (χ3v) is 5.86. The summed E-state index contributed by atoms with van der Waals surface area (Å²) in [5.74, 6) is 0.280. The molecule has 0 saturated heterocycles. The fourth-order valence-electron chi connectivity index (χ4n) is 2.54. The van der Waals surface area contributed by atoms with Crippen LogP contribution in [-0.4, -0.2) is 58.6 Å². The molecule has 0 spiro atoms. The lowest BCUT2D eigenvalue weighted by atomic mass is 10.2. The van der Waals surface area contributed by atoms with Gasteiger partial charge in [0.2, 0.25) is 10.0 Å². The Morgan fingerprint density at radius 3 is 2.79 bits per heavy atom. The van der Waals surface area contributed by atoms with E-state index in [0.717, 1.165) is 5.69 Å². The molecule has 1 aromatic rings. The van der Waals surface area contributed by atoms with Gasteiger partial charge < -0.3 is 14.4 Å². The molecule has 1 heterocycles. The van der Waals surface area contributed by atoms with Crippen molar-refractivity contribution in [1.29, 1.82) is 0 Å². The molecule has 0 amide bonds. The van der Waals surface area contributed by atoms with E-state index in [4.69, 9.17) is 9.47 Å². The molecular weight excluding hydrogens is 332 g/mol. The van der Waals surface area contributed by atoms with Crippen molar-refractivity contribution in [2.75, 3.05) is 44.8 Å². The van der Waals surface area contributed by atoms with Crippen molar-refractivity contribution < 1.29 is 22.7 Å². The van der Waals surface area contributed by atoms with Gasteiger partial charge in [0.25, 0.3) is 0 Å². The first-order chi connectivity index (χ1) is 11.4. The number of carbonyl (C=O) groups is 1. The van der Waals surface area contributed by atoms with Gasteiger partial charge in [0.15, 0.2) is 0 Å². The number of benzene rings is 1. The molecule has 1 aromatic carbocycles. The summed E-state index contributed by atoms with van der Waals surface area (Å²) in [5, 5.41) is 0. The first-order valence-electron chi connectivity index (χ1n) is 8.04. The van der Waals surface area contributed by atoms with Crippen molar-refractivity contribution in [2.24, 2.45) is 0 Å². The second-order valence-electron chi connectivity index (χ2n) is 5.45. The minimum absolute atomic E-state index is 0.0366. The first kappa shape index (κ1) is 18.5. The van der Waals surface area contributed by atoms with E-state index in [0.29, 0.717) is 18.9 Å². The maximum absolute atomic E-state index is 12.8. The predicted molar refractivity (Wildman–Crippen MR) is 90.9 cm³/mol.